The summed E-state index contributed by atoms with van der Waals surface area (Å²) in [5.41, 5.74) is 0. The van der Waals surface area contributed by atoms with Gasteiger partial charge in [-0.15, -0.1) is 0 Å². The third-order valence-corrected chi connectivity index (χ3v) is 4.94. The minimum atomic E-state index is 0.737. The minimum Gasteiger partial charge on any atom is -0.301 e. The summed E-state index contributed by atoms with van der Waals surface area (Å²) in [6, 6.07) is 0. The van der Waals surface area contributed by atoms with Gasteiger partial charge in [0.2, 0.25) is 0 Å². The van der Waals surface area contributed by atoms with E-state index >= 15 is 0 Å². The van der Waals surface area contributed by atoms with Crippen molar-refractivity contribution in [1.29, 1.82) is 0 Å². The average molecular weight is 223 g/mol. The Kier molecular flexibility index (Phi) is 5.97. The smallest absolute Gasteiger partial charge is 0.0165 e. The van der Waals surface area contributed by atoms with Crippen molar-refractivity contribution in [2.24, 2.45) is 5.92 Å². The molecule has 4 heteroatoms. The Morgan fingerprint density at radius 1 is 1.33 bits per heavy atom. The van der Waals surface area contributed by atoms with E-state index in [0.29, 0.717) is 0 Å². The lowest BCUT2D eigenvalue weighted by Gasteiger charge is -2.22. The highest BCUT2D eigenvalue weighted by atomic mass is 33.1. The fourth-order valence-electron chi connectivity index (χ4n) is 1.24. The molecule has 0 aromatic heterocycles. The van der Waals surface area contributed by atoms with Gasteiger partial charge in [-0.3, -0.25) is 0 Å². The van der Waals surface area contributed by atoms with E-state index in [0.717, 1.165) is 11.7 Å². The van der Waals surface area contributed by atoms with Gasteiger partial charge in [-0.05, 0) is 11.7 Å². The van der Waals surface area contributed by atoms with Crippen LogP contribution >= 0.6 is 34.2 Å². The molecule has 1 nitrogen and oxygen atoms in total. The monoisotopic (exact) mass is 223 g/mol. The molecule has 0 spiro atoms. The quantitative estimate of drug-likeness (QED) is 0.578. The molecule has 1 atom stereocenters. The third kappa shape index (κ3) is 4.30. The Balaban J connectivity index is 2.20. The minimum absolute atomic E-state index is 0.737. The third-order valence-electron chi connectivity index (χ3n) is 1.95. The molecule has 0 bridgehead atoms. The molecule has 1 heterocycles. The second kappa shape index (κ2) is 6.46. The van der Waals surface area contributed by atoms with Crippen LogP contribution in [-0.4, -0.2) is 41.8 Å². The van der Waals surface area contributed by atoms with Crippen molar-refractivity contribution in [2.45, 2.75) is 6.92 Å². The number of hydrogen-bond donors (Lipinski definition) is 1. The van der Waals surface area contributed by atoms with E-state index in [1.165, 1.54) is 31.1 Å². The Morgan fingerprint density at radius 3 is 2.42 bits per heavy atom. The molecule has 0 aromatic carbocycles. The van der Waals surface area contributed by atoms with E-state index in [9.17, 15) is 0 Å². The van der Waals surface area contributed by atoms with Crippen LogP contribution < -0.4 is 0 Å². The largest absolute Gasteiger partial charge is 0.301 e. The summed E-state index contributed by atoms with van der Waals surface area (Å²) in [6.45, 7) is 6.02. The van der Waals surface area contributed by atoms with Crippen molar-refractivity contribution in [3.63, 3.8) is 0 Å². The summed E-state index contributed by atoms with van der Waals surface area (Å²) in [7, 11) is 4.02. The predicted octanol–water partition coefficient (Wildman–Crippen LogP) is 2.25. The van der Waals surface area contributed by atoms with E-state index in [1.54, 1.807) is 0 Å². The molecule has 72 valence electrons. The standard InChI is InChI=1S/C8H17NS3/c1-8(7-10)6-9-2-4-11-12-5-3-9/h8,10H,2-7H2,1H3. The van der Waals surface area contributed by atoms with Crippen molar-refractivity contribution in [3.8, 4) is 0 Å². The lowest BCUT2D eigenvalue weighted by Crippen LogP contribution is -2.32. The number of rotatable bonds is 3. The highest BCUT2D eigenvalue weighted by Gasteiger charge is 2.11. The zero-order valence-electron chi connectivity index (χ0n) is 7.53. The number of thiol groups is 1. The summed E-state index contributed by atoms with van der Waals surface area (Å²) >= 11 is 4.30. The first-order chi connectivity index (χ1) is 5.83. The highest BCUT2D eigenvalue weighted by Crippen LogP contribution is 2.24. The van der Waals surface area contributed by atoms with Crippen LogP contribution in [0.1, 0.15) is 6.92 Å². The molecule has 0 saturated carbocycles. The molecule has 1 unspecified atom stereocenters. The lowest BCUT2D eigenvalue weighted by molar-refractivity contribution is 0.277. The molecule has 0 radical (unpaired) electrons. The Morgan fingerprint density at radius 2 is 1.92 bits per heavy atom. The van der Waals surface area contributed by atoms with Crippen LogP contribution in [0.4, 0.5) is 0 Å². The van der Waals surface area contributed by atoms with Gasteiger partial charge >= 0.3 is 0 Å². The first-order valence-electron chi connectivity index (χ1n) is 4.40. The van der Waals surface area contributed by atoms with E-state index in [-0.39, 0.29) is 0 Å². The maximum atomic E-state index is 4.30. The van der Waals surface area contributed by atoms with Gasteiger partial charge in [-0.2, -0.15) is 12.6 Å². The molecule has 0 aromatic rings. The molecule has 0 N–H and O–H groups in total. The topological polar surface area (TPSA) is 3.24 Å². The van der Waals surface area contributed by atoms with Crippen molar-refractivity contribution >= 4 is 34.2 Å². The number of hydrogen-bond acceptors (Lipinski definition) is 4. The van der Waals surface area contributed by atoms with Crippen LogP contribution in [0.25, 0.3) is 0 Å². The molecule has 1 saturated heterocycles. The lowest BCUT2D eigenvalue weighted by atomic mass is 10.2. The van der Waals surface area contributed by atoms with Crippen molar-refractivity contribution in [3.05, 3.63) is 0 Å². The van der Waals surface area contributed by atoms with Crippen molar-refractivity contribution in [2.75, 3.05) is 36.9 Å². The van der Waals surface area contributed by atoms with E-state index in [1.807, 2.05) is 21.6 Å². The molecule has 1 fully saturated rings. The Bertz CT molecular complexity index is 113. The van der Waals surface area contributed by atoms with Crippen LogP contribution in [0.3, 0.4) is 0 Å². The molecular formula is C8H17NS3. The first-order valence-corrected chi connectivity index (χ1v) is 7.52. The molecular weight excluding hydrogens is 206 g/mol. The van der Waals surface area contributed by atoms with Gasteiger partial charge in [-0.1, -0.05) is 28.5 Å². The Hall–Kier alpha value is 1.01. The Labute approximate surface area is 88.8 Å². The number of nitrogens with zero attached hydrogens (tertiary/aromatic N) is 1. The molecule has 12 heavy (non-hydrogen) atoms. The molecule has 1 aliphatic rings. The van der Waals surface area contributed by atoms with E-state index < -0.39 is 0 Å². The first kappa shape index (κ1) is 11.1. The van der Waals surface area contributed by atoms with Crippen LogP contribution in [0, 0.1) is 5.92 Å². The van der Waals surface area contributed by atoms with Gasteiger partial charge in [0.05, 0.1) is 0 Å². The maximum Gasteiger partial charge on any atom is 0.0165 e. The van der Waals surface area contributed by atoms with Crippen LogP contribution in [0.2, 0.25) is 0 Å². The summed E-state index contributed by atoms with van der Waals surface area (Å²) < 4.78 is 0. The highest BCUT2D eigenvalue weighted by molar-refractivity contribution is 8.76. The normalized spacial score (nSPS) is 23.5. The second-order valence-corrected chi connectivity index (χ2v) is 6.30. The second-order valence-electron chi connectivity index (χ2n) is 3.23. The van der Waals surface area contributed by atoms with Gasteiger partial charge in [0.15, 0.2) is 0 Å². The van der Waals surface area contributed by atoms with E-state index in [2.05, 4.69) is 24.5 Å². The van der Waals surface area contributed by atoms with Crippen LogP contribution in [-0.2, 0) is 0 Å². The van der Waals surface area contributed by atoms with Crippen molar-refractivity contribution in [1.82, 2.24) is 4.90 Å². The van der Waals surface area contributed by atoms with Crippen LogP contribution in [0.5, 0.6) is 0 Å². The predicted molar refractivity (Wildman–Crippen MR) is 64.4 cm³/mol. The summed E-state index contributed by atoms with van der Waals surface area (Å²) in [6.07, 6.45) is 0. The zero-order valence-corrected chi connectivity index (χ0v) is 10.1. The van der Waals surface area contributed by atoms with Crippen molar-refractivity contribution < 1.29 is 0 Å². The van der Waals surface area contributed by atoms with Gasteiger partial charge in [0.1, 0.15) is 0 Å². The average Bonchev–Trinajstić information content (AvgIpc) is 2.33. The van der Waals surface area contributed by atoms with Crippen LogP contribution in [0.15, 0.2) is 0 Å². The molecule has 0 aliphatic carbocycles. The summed E-state index contributed by atoms with van der Waals surface area (Å²) in [5.74, 6) is 4.31. The van der Waals surface area contributed by atoms with Gasteiger partial charge < -0.3 is 4.90 Å². The zero-order chi connectivity index (χ0) is 8.81. The van der Waals surface area contributed by atoms with Gasteiger partial charge in [0, 0.05) is 31.1 Å². The fraction of sp³-hybridized carbons (Fsp3) is 1.00. The maximum absolute atomic E-state index is 4.30. The summed E-state index contributed by atoms with van der Waals surface area (Å²) in [5, 5.41) is 0. The van der Waals surface area contributed by atoms with Gasteiger partial charge in [0.25, 0.3) is 0 Å². The summed E-state index contributed by atoms with van der Waals surface area (Å²) in [4.78, 5) is 2.56. The SMILES string of the molecule is CC(CS)CN1CCSSCC1. The van der Waals surface area contributed by atoms with E-state index in [4.69, 9.17) is 0 Å². The molecule has 1 aliphatic heterocycles. The van der Waals surface area contributed by atoms with Gasteiger partial charge in [-0.25, -0.2) is 0 Å². The molecule has 0 amide bonds. The fourth-order valence-corrected chi connectivity index (χ4v) is 3.41. The molecule has 1 rings (SSSR count).